The number of amides is 1. The number of halogens is 1. The molecule has 0 bridgehead atoms. The van der Waals surface area contributed by atoms with Gasteiger partial charge in [-0.2, -0.15) is 4.98 Å². The van der Waals surface area contributed by atoms with Crippen molar-refractivity contribution in [1.82, 2.24) is 15.5 Å². The predicted molar refractivity (Wildman–Crippen MR) is 115 cm³/mol. The van der Waals surface area contributed by atoms with E-state index in [9.17, 15) is 13.2 Å². The van der Waals surface area contributed by atoms with E-state index in [-0.39, 0.29) is 35.4 Å². The summed E-state index contributed by atoms with van der Waals surface area (Å²) in [7, 11) is -3.62. The van der Waals surface area contributed by atoms with Gasteiger partial charge in [0, 0.05) is 29.3 Å². The molecule has 0 spiro atoms. The summed E-state index contributed by atoms with van der Waals surface area (Å²) in [4.78, 5) is 17.4. The third-order valence-electron chi connectivity index (χ3n) is 4.22. The second-order valence-electron chi connectivity index (χ2n) is 6.44. The van der Waals surface area contributed by atoms with Crippen molar-refractivity contribution in [3.8, 4) is 0 Å². The van der Waals surface area contributed by atoms with Crippen LogP contribution in [0.2, 0.25) is 5.02 Å². The van der Waals surface area contributed by atoms with Gasteiger partial charge in [-0.05, 0) is 48.2 Å². The molecule has 0 aliphatic rings. The SMILES string of the molecule is CSc1ccc(CNC(=O)CCc2nc(CS(=O)(=O)c3ccc(Cl)cc3)no2)cc1. The third kappa shape index (κ3) is 6.32. The Balaban J connectivity index is 1.48. The molecule has 1 amide bonds. The van der Waals surface area contributed by atoms with Crippen molar-refractivity contribution < 1.29 is 17.7 Å². The average molecular weight is 466 g/mol. The molecule has 0 radical (unpaired) electrons. The fourth-order valence-electron chi connectivity index (χ4n) is 2.60. The normalized spacial score (nSPS) is 11.4. The second kappa shape index (κ2) is 10.1. The highest BCUT2D eigenvalue weighted by Crippen LogP contribution is 2.18. The number of sulfone groups is 1. The molecular formula is C20H20ClN3O4S2. The van der Waals surface area contributed by atoms with Crippen LogP contribution in [0, 0.1) is 0 Å². The summed E-state index contributed by atoms with van der Waals surface area (Å²) in [5.41, 5.74) is 1.01. The van der Waals surface area contributed by atoms with E-state index in [1.807, 2.05) is 30.5 Å². The predicted octanol–water partition coefficient (Wildman–Crippen LogP) is 3.67. The molecule has 0 fully saturated rings. The van der Waals surface area contributed by atoms with Gasteiger partial charge in [-0.1, -0.05) is 28.9 Å². The number of aryl methyl sites for hydroxylation is 1. The summed E-state index contributed by atoms with van der Waals surface area (Å²) < 4.78 is 29.9. The lowest BCUT2D eigenvalue weighted by Crippen LogP contribution is -2.23. The van der Waals surface area contributed by atoms with Crippen LogP contribution in [0.1, 0.15) is 23.7 Å². The summed E-state index contributed by atoms with van der Waals surface area (Å²) in [5.74, 6) is -0.279. The van der Waals surface area contributed by atoms with Crippen LogP contribution in [0.4, 0.5) is 0 Å². The minimum absolute atomic E-state index is 0.0502. The number of hydrogen-bond acceptors (Lipinski definition) is 7. The Labute approximate surface area is 184 Å². The minimum Gasteiger partial charge on any atom is -0.352 e. The van der Waals surface area contributed by atoms with Crippen LogP contribution < -0.4 is 5.32 Å². The lowest BCUT2D eigenvalue weighted by molar-refractivity contribution is -0.121. The lowest BCUT2D eigenvalue weighted by Gasteiger charge is -2.05. The van der Waals surface area contributed by atoms with E-state index in [0.29, 0.717) is 11.6 Å². The lowest BCUT2D eigenvalue weighted by atomic mass is 10.2. The first-order valence-electron chi connectivity index (χ1n) is 9.05. The van der Waals surface area contributed by atoms with Crippen LogP contribution in [-0.2, 0) is 33.4 Å². The first-order chi connectivity index (χ1) is 14.4. The summed E-state index contributed by atoms with van der Waals surface area (Å²) in [6.07, 6.45) is 2.40. The number of benzene rings is 2. The van der Waals surface area contributed by atoms with E-state index >= 15 is 0 Å². The Morgan fingerprint density at radius 2 is 1.83 bits per heavy atom. The van der Waals surface area contributed by atoms with Crippen LogP contribution in [0.5, 0.6) is 0 Å². The van der Waals surface area contributed by atoms with E-state index in [4.69, 9.17) is 16.1 Å². The molecule has 1 aromatic heterocycles. The molecule has 158 valence electrons. The quantitative estimate of drug-likeness (QED) is 0.481. The number of nitrogens with zero attached hydrogens (tertiary/aromatic N) is 2. The van der Waals surface area contributed by atoms with Gasteiger partial charge < -0.3 is 9.84 Å². The van der Waals surface area contributed by atoms with Crippen molar-refractivity contribution >= 4 is 39.1 Å². The van der Waals surface area contributed by atoms with Gasteiger partial charge in [-0.25, -0.2) is 8.42 Å². The van der Waals surface area contributed by atoms with Gasteiger partial charge in [-0.15, -0.1) is 11.8 Å². The first kappa shape index (κ1) is 22.3. The maximum Gasteiger partial charge on any atom is 0.227 e. The highest BCUT2D eigenvalue weighted by molar-refractivity contribution is 7.98. The van der Waals surface area contributed by atoms with E-state index in [2.05, 4.69) is 15.5 Å². The Hall–Kier alpha value is -2.36. The smallest absolute Gasteiger partial charge is 0.227 e. The molecule has 0 atom stereocenters. The molecule has 10 heteroatoms. The molecule has 30 heavy (non-hydrogen) atoms. The number of nitrogens with one attached hydrogen (secondary N) is 1. The van der Waals surface area contributed by atoms with Crippen molar-refractivity contribution in [3.05, 3.63) is 70.8 Å². The summed E-state index contributed by atoms with van der Waals surface area (Å²) in [6.45, 7) is 0.432. The van der Waals surface area contributed by atoms with Gasteiger partial charge in [0.05, 0.1) is 4.90 Å². The number of rotatable bonds is 9. The number of aromatic nitrogens is 2. The zero-order valence-electron chi connectivity index (χ0n) is 16.2. The van der Waals surface area contributed by atoms with Crippen LogP contribution in [-0.4, -0.2) is 30.7 Å². The Bertz CT molecular complexity index is 1100. The third-order valence-corrected chi connectivity index (χ3v) is 6.84. The highest BCUT2D eigenvalue weighted by Gasteiger charge is 2.19. The number of thioether (sulfide) groups is 1. The zero-order valence-corrected chi connectivity index (χ0v) is 18.6. The fourth-order valence-corrected chi connectivity index (χ4v) is 4.31. The van der Waals surface area contributed by atoms with Crippen LogP contribution in [0.25, 0.3) is 0 Å². The largest absolute Gasteiger partial charge is 0.352 e. The van der Waals surface area contributed by atoms with Gasteiger partial charge in [0.1, 0.15) is 5.75 Å². The van der Waals surface area contributed by atoms with E-state index in [1.54, 1.807) is 11.8 Å². The molecule has 0 aliphatic heterocycles. The van der Waals surface area contributed by atoms with Gasteiger partial charge in [0.15, 0.2) is 15.7 Å². The maximum atomic E-state index is 12.4. The van der Waals surface area contributed by atoms with E-state index < -0.39 is 15.6 Å². The molecule has 2 aromatic carbocycles. The molecule has 3 aromatic rings. The minimum atomic E-state index is -3.62. The monoisotopic (exact) mass is 465 g/mol. The summed E-state index contributed by atoms with van der Waals surface area (Å²) >= 11 is 7.45. The standard InChI is InChI=1S/C20H20ClN3O4S2/c1-29-16-6-2-14(3-7-16)12-22-19(25)10-11-20-23-18(24-28-20)13-30(26,27)17-8-4-15(21)5-9-17/h2-9H,10-13H2,1H3,(H,22,25). The van der Waals surface area contributed by atoms with Crippen molar-refractivity contribution in [3.63, 3.8) is 0 Å². The van der Waals surface area contributed by atoms with Crippen LogP contribution in [0.3, 0.4) is 0 Å². The molecular weight excluding hydrogens is 446 g/mol. The summed E-state index contributed by atoms with van der Waals surface area (Å²) in [5, 5.41) is 6.99. The van der Waals surface area contributed by atoms with E-state index in [1.165, 1.54) is 24.3 Å². The number of hydrogen-bond donors (Lipinski definition) is 1. The topological polar surface area (TPSA) is 102 Å². The molecule has 0 saturated carbocycles. The van der Waals surface area contributed by atoms with Crippen molar-refractivity contribution in [2.24, 2.45) is 0 Å². The van der Waals surface area contributed by atoms with Crippen molar-refractivity contribution in [2.75, 3.05) is 6.26 Å². The highest BCUT2D eigenvalue weighted by atomic mass is 35.5. The molecule has 0 unspecified atom stereocenters. The Morgan fingerprint density at radius 3 is 2.50 bits per heavy atom. The van der Waals surface area contributed by atoms with Crippen molar-refractivity contribution in [1.29, 1.82) is 0 Å². The molecule has 7 nitrogen and oxygen atoms in total. The molecule has 3 rings (SSSR count). The number of carbonyl (C=O) groups excluding carboxylic acids is 1. The van der Waals surface area contributed by atoms with Crippen molar-refractivity contribution in [2.45, 2.75) is 34.9 Å². The van der Waals surface area contributed by atoms with E-state index in [0.717, 1.165) is 10.5 Å². The molecule has 1 N–H and O–H groups in total. The molecule has 1 heterocycles. The molecule has 0 saturated heterocycles. The van der Waals surface area contributed by atoms with Gasteiger partial charge in [-0.3, -0.25) is 4.79 Å². The Kier molecular flexibility index (Phi) is 7.52. The van der Waals surface area contributed by atoms with Gasteiger partial charge >= 0.3 is 0 Å². The maximum absolute atomic E-state index is 12.4. The average Bonchev–Trinajstić information content (AvgIpc) is 3.18. The van der Waals surface area contributed by atoms with Crippen LogP contribution in [0.15, 0.2) is 62.8 Å². The first-order valence-corrected chi connectivity index (χ1v) is 12.3. The zero-order chi connectivity index (χ0) is 21.6. The Morgan fingerprint density at radius 1 is 1.13 bits per heavy atom. The van der Waals surface area contributed by atoms with Gasteiger partial charge in [0.25, 0.3) is 0 Å². The number of carbonyl (C=O) groups is 1. The van der Waals surface area contributed by atoms with Gasteiger partial charge in [0.2, 0.25) is 11.8 Å². The molecule has 0 aliphatic carbocycles. The fraction of sp³-hybridized carbons (Fsp3) is 0.250. The summed E-state index contributed by atoms with van der Waals surface area (Å²) in [6, 6.07) is 13.8. The van der Waals surface area contributed by atoms with Crippen LogP contribution >= 0.6 is 23.4 Å². The second-order valence-corrected chi connectivity index (χ2v) is 9.75.